The van der Waals surface area contributed by atoms with Crippen LogP contribution in [0, 0.1) is 6.92 Å². The number of rotatable bonds is 7. The van der Waals surface area contributed by atoms with Crippen molar-refractivity contribution in [1.29, 1.82) is 0 Å². The minimum absolute atomic E-state index is 0.0965. The van der Waals surface area contributed by atoms with Crippen molar-refractivity contribution in [3.05, 3.63) is 40.2 Å². The summed E-state index contributed by atoms with van der Waals surface area (Å²) in [4.78, 5) is 30.8. The van der Waals surface area contributed by atoms with Gasteiger partial charge in [-0.2, -0.15) is 0 Å². The highest BCUT2D eigenvalue weighted by Gasteiger charge is 2.29. The highest BCUT2D eigenvalue weighted by Crippen LogP contribution is 2.25. The number of hydrogen-bond acceptors (Lipinski definition) is 7. The summed E-state index contributed by atoms with van der Waals surface area (Å²) < 4.78 is 23.4. The SMILES string of the molecule is Cc1oc(-c2cccc(Br)c2)nc1CCOC(=O)N1CCC(OC(C)C(=O)OC(C)(C)C)CC1. The largest absolute Gasteiger partial charge is 0.458 e. The summed E-state index contributed by atoms with van der Waals surface area (Å²) in [5.74, 6) is 0.881. The number of aromatic nitrogens is 1. The first-order valence-electron chi connectivity index (χ1n) is 11.5. The molecule has 0 N–H and O–H groups in total. The Kier molecular flexibility index (Phi) is 8.76. The van der Waals surface area contributed by atoms with Crippen molar-refractivity contribution >= 4 is 28.0 Å². The number of carbonyl (C=O) groups excluding carboxylic acids is 2. The second kappa shape index (κ2) is 11.4. The van der Waals surface area contributed by atoms with Crippen molar-refractivity contribution in [3.63, 3.8) is 0 Å². The highest BCUT2D eigenvalue weighted by molar-refractivity contribution is 9.10. The minimum atomic E-state index is -0.643. The van der Waals surface area contributed by atoms with Gasteiger partial charge in [0.25, 0.3) is 0 Å². The van der Waals surface area contributed by atoms with Crippen LogP contribution in [0.25, 0.3) is 11.5 Å². The number of benzene rings is 1. The smallest absolute Gasteiger partial charge is 0.409 e. The number of likely N-dealkylation sites (tertiary alicyclic amines) is 1. The van der Waals surface area contributed by atoms with Crippen LogP contribution in [-0.2, 0) is 25.4 Å². The van der Waals surface area contributed by atoms with E-state index in [4.69, 9.17) is 18.6 Å². The number of ether oxygens (including phenoxy) is 3. The van der Waals surface area contributed by atoms with Crippen LogP contribution in [0.5, 0.6) is 0 Å². The van der Waals surface area contributed by atoms with Gasteiger partial charge >= 0.3 is 12.1 Å². The van der Waals surface area contributed by atoms with E-state index >= 15 is 0 Å². The van der Waals surface area contributed by atoms with Crippen molar-refractivity contribution in [2.75, 3.05) is 19.7 Å². The van der Waals surface area contributed by atoms with Crippen molar-refractivity contribution in [1.82, 2.24) is 9.88 Å². The van der Waals surface area contributed by atoms with Crippen LogP contribution >= 0.6 is 15.9 Å². The highest BCUT2D eigenvalue weighted by atomic mass is 79.9. The molecule has 0 bridgehead atoms. The van der Waals surface area contributed by atoms with Crippen LogP contribution in [-0.4, -0.2) is 59.5 Å². The summed E-state index contributed by atoms with van der Waals surface area (Å²) in [6.07, 6.45) is 0.659. The number of esters is 1. The number of aryl methyl sites for hydroxylation is 1. The van der Waals surface area contributed by atoms with E-state index in [1.165, 1.54) is 0 Å². The van der Waals surface area contributed by atoms with E-state index in [-0.39, 0.29) is 24.8 Å². The number of piperidine rings is 1. The van der Waals surface area contributed by atoms with Gasteiger partial charge in [0.2, 0.25) is 5.89 Å². The maximum Gasteiger partial charge on any atom is 0.409 e. The lowest BCUT2D eigenvalue weighted by molar-refractivity contribution is -0.172. The van der Waals surface area contributed by atoms with Crippen molar-refractivity contribution in [3.8, 4) is 11.5 Å². The average molecular weight is 537 g/mol. The van der Waals surface area contributed by atoms with Gasteiger partial charge in [0, 0.05) is 29.5 Å². The summed E-state index contributed by atoms with van der Waals surface area (Å²) in [5, 5.41) is 0. The molecule has 1 saturated heterocycles. The molecular formula is C25H33BrN2O6. The minimum Gasteiger partial charge on any atom is -0.458 e. The van der Waals surface area contributed by atoms with Gasteiger partial charge in [-0.1, -0.05) is 22.0 Å². The first-order valence-corrected chi connectivity index (χ1v) is 12.3. The standard InChI is InChI=1S/C25H33BrN2O6/c1-16-21(27-22(33-16)18-7-6-8-19(26)15-18)11-14-31-24(30)28-12-9-20(10-13-28)32-17(2)23(29)34-25(3,4)5/h6-8,15,17,20H,9-14H2,1-5H3. The number of hydrogen-bond donors (Lipinski definition) is 0. The van der Waals surface area contributed by atoms with Gasteiger partial charge < -0.3 is 23.5 Å². The molecule has 1 amide bonds. The molecule has 8 nitrogen and oxygen atoms in total. The third kappa shape index (κ3) is 7.56. The summed E-state index contributed by atoms with van der Waals surface area (Å²) >= 11 is 3.45. The molecule has 0 spiro atoms. The van der Waals surface area contributed by atoms with Gasteiger partial charge in [-0.25, -0.2) is 14.6 Å². The Bertz CT molecular complexity index is 992. The molecule has 0 saturated carbocycles. The molecule has 1 aliphatic rings. The van der Waals surface area contributed by atoms with E-state index in [1.54, 1.807) is 11.8 Å². The van der Waals surface area contributed by atoms with Crippen molar-refractivity contribution < 1.29 is 28.2 Å². The number of oxazole rings is 1. The Labute approximate surface area is 209 Å². The molecule has 186 valence electrons. The summed E-state index contributed by atoms with van der Waals surface area (Å²) in [6.45, 7) is 10.3. The normalized spacial score (nSPS) is 15.8. The van der Waals surface area contributed by atoms with E-state index in [0.29, 0.717) is 44.0 Å². The number of halogens is 1. The Morgan fingerprint density at radius 2 is 1.97 bits per heavy atom. The molecule has 9 heteroatoms. The summed E-state index contributed by atoms with van der Waals surface area (Å²) in [5.41, 5.74) is 1.10. The fourth-order valence-electron chi connectivity index (χ4n) is 3.63. The second-order valence-corrected chi connectivity index (χ2v) is 10.3. The molecular weight excluding hydrogens is 504 g/mol. The lowest BCUT2D eigenvalue weighted by Gasteiger charge is -2.32. The Morgan fingerprint density at radius 3 is 2.62 bits per heavy atom. The van der Waals surface area contributed by atoms with Gasteiger partial charge in [-0.3, -0.25) is 0 Å². The monoisotopic (exact) mass is 536 g/mol. The van der Waals surface area contributed by atoms with Crippen molar-refractivity contribution in [2.45, 2.75) is 71.7 Å². The fourth-order valence-corrected chi connectivity index (χ4v) is 4.03. The third-order valence-electron chi connectivity index (χ3n) is 5.36. The quantitative estimate of drug-likeness (QED) is 0.443. The van der Waals surface area contributed by atoms with Crippen LogP contribution in [0.2, 0.25) is 0 Å². The van der Waals surface area contributed by atoms with Crippen LogP contribution in [0.1, 0.15) is 52.0 Å². The van der Waals surface area contributed by atoms with Crippen LogP contribution in [0.15, 0.2) is 33.2 Å². The predicted octanol–water partition coefficient (Wildman–Crippen LogP) is 5.30. The van der Waals surface area contributed by atoms with E-state index < -0.39 is 11.7 Å². The molecule has 1 unspecified atom stereocenters. The summed E-state index contributed by atoms with van der Waals surface area (Å²) in [6, 6.07) is 7.74. The molecule has 1 aromatic carbocycles. The lowest BCUT2D eigenvalue weighted by atomic mass is 10.1. The topological polar surface area (TPSA) is 91.1 Å². The van der Waals surface area contributed by atoms with E-state index in [0.717, 1.165) is 15.7 Å². The third-order valence-corrected chi connectivity index (χ3v) is 5.86. The lowest BCUT2D eigenvalue weighted by Crippen LogP contribution is -2.43. The predicted molar refractivity (Wildman–Crippen MR) is 130 cm³/mol. The molecule has 3 rings (SSSR count). The zero-order chi connectivity index (χ0) is 24.9. The molecule has 0 aliphatic carbocycles. The molecule has 2 heterocycles. The molecule has 0 radical (unpaired) electrons. The van der Waals surface area contributed by atoms with Gasteiger partial charge in [0.05, 0.1) is 18.4 Å². The molecule has 1 fully saturated rings. The van der Waals surface area contributed by atoms with E-state index in [2.05, 4.69) is 20.9 Å². The fraction of sp³-hybridized carbons (Fsp3) is 0.560. The zero-order valence-electron chi connectivity index (χ0n) is 20.4. The molecule has 2 aromatic rings. The van der Waals surface area contributed by atoms with Gasteiger partial charge in [-0.05, 0) is 65.7 Å². The van der Waals surface area contributed by atoms with E-state index in [1.807, 2.05) is 52.0 Å². The Hall–Kier alpha value is -2.39. The average Bonchev–Trinajstić information content (AvgIpc) is 3.13. The molecule has 1 aromatic heterocycles. The van der Waals surface area contributed by atoms with Crippen LogP contribution < -0.4 is 0 Å². The number of amides is 1. The summed E-state index contributed by atoms with van der Waals surface area (Å²) in [7, 11) is 0. The first-order chi connectivity index (χ1) is 16.0. The molecule has 1 aliphatic heterocycles. The second-order valence-electron chi connectivity index (χ2n) is 9.39. The van der Waals surface area contributed by atoms with Crippen LogP contribution in [0.3, 0.4) is 0 Å². The number of carbonyl (C=O) groups is 2. The number of nitrogens with zero attached hydrogens (tertiary/aromatic N) is 2. The van der Waals surface area contributed by atoms with E-state index in [9.17, 15) is 9.59 Å². The first kappa shape index (κ1) is 26.2. The molecule has 1 atom stereocenters. The van der Waals surface area contributed by atoms with Gasteiger partial charge in [0.1, 0.15) is 11.4 Å². The maximum absolute atomic E-state index is 12.5. The van der Waals surface area contributed by atoms with Gasteiger partial charge in [-0.15, -0.1) is 0 Å². The van der Waals surface area contributed by atoms with Gasteiger partial charge in [0.15, 0.2) is 6.10 Å². The van der Waals surface area contributed by atoms with Crippen molar-refractivity contribution in [2.24, 2.45) is 0 Å². The molecule has 34 heavy (non-hydrogen) atoms. The Morgan fingerprint density at radius 1 is 1.26 bits per heavy atom. The zero-order valence-corrected chi connectivity index (χ0v) is 22.0. The maximum atomic E-state index is 12.5. The Balaban J connectivity index is 1.41. The van der Waals surface area contributed by atoms with Crippen LogP contribution in [0.4, 0.5) is 4.79 Å².